The molecule has 182 valence electrons. The Balaban J connectivity index is 1.61. The minimum absolute atomic E-state index is 0.0185. The van der Waals surface area contributed by atoms with Crippen molar-refractivity contribution in [3.63, 3.8) is 0 Å². The van der Waals surface area contributed by atoms with E-state index in [2.05, 4.69) is 9.97 Å². The first-order valence-electron chi connectivity index (χ1n) is 11.7. The molecule has 0 amide bonds. The summed E-state index contributed by atoms with van der Waals surface area (Å²) in [6.07, 6.45) is 1.39. The van der Waals surface area contributed by atoms with E-state index in [-0.39, 0.29) is 29.4 Å². The number of rotatable bonds is 4. The van der Waals surface area contributed by atoms with Crippen molar-refractivity contribution in [2.45, 2.75) is 13.5 Å². The van der Waals surface area contributed by atoms with Gasteiger partial charge in [0, 0.05) is 16.9 Å². The van der Waals surface area contributed by atoms with Crippen LogP contribution in [0.25, 0.3) is 38.8 Å². The Hall–Kier alpha value is -5.18. The molecule has 3 aromatic carbocycles. The summed E-state index contributed by atoms with van der Waals surface area (Å²) in [5.74, 6) is 0.252. The Kier molecular flexibility index (Phi) is 5.11. The van der Waals surface area contributed by atoms with Gasteiger partial charge in [0.25, 0.3) is 5.56 Å². The molecule has 0 radical (unpaired) electrons. The number of para-hydroxylation sites is 1. The highest BCUT2D eigenvalue weighted by Gasteiger charge is 2.20. The fourth-order valence-electron chi connectivity index (χ4n) is 4.76. The van der Waals surface area contributed by atoms with Gasteiger partial charge in [0.05, 0.1) is 23.0 Å². The van der Waals surface area contributed by atoms with E-state index < -0.39 is 0 Å². The summed E-state index contributed by atoms with van der Waals surface area (Å²) in [7, 11) is 0. The molecular weight excluding hydrogens is 466 g/mol. The maximum Gasteiger partial charge on any atom is 0.263 e. The molecule has 3 aromatic heterocycles. The number of hydrogen-bond donors (Lipinski definition) is 3. The number of phenols is 1. The van der Waals surface area contributed by atoms with Crippen molar-refractivity contribution < 1.29 is 5.11 Å². The highest BCUT2D eigenvalue weighted by Crippen LogP contribution is 2.33. The number of aromatic hydroxyl groups is 1. The van der Waals surface area contributed by atoms with E-state index >= 15 is 0 Å². The highest BCUT2D eigenvalue weighted by molar-refractivity contribution is 5.98. The van der Waals surface area contributed by atoms with Gasteiger partial charge >= 0.3 is 0 Å². The molecule has 0 saturated heterocycles. The maximum atomic E-state index is 13.8. The number of phenolic OH excluding ortho intramolecular Hbond substituents is 1. The molecule has 0 aliphatic rings. The van der Waals surface area contributed by atoms with Gasteiger partial charge in [0.1, 0.15) is 23.6 Å². The van der Waals surface area contributed by atoms with E-state index in [0.717, 1.165) is 22.3 Å². The van der Waals surface area contributed by atoms with E-state index in [0.29, 0.717) is 27.7 Å². The number of benzene rings is 3. The molecule has 0 fully saturated rings. The molecule has 37 heavy (non-hydrogen) atoms. The largest absolute Gasteiger partial charge is 0.506 e. The number of fused-ring (bicyclic) bond motifs is 2. The van der Waals surface area contributed by atoms with Crippen LogP contribution in [0.2, 0.25) is 0 Å². The average Bonchev–Trinajstić information content (AvgIpc) is 3.26. The molecule has 0 aliphatic carbocycles. The van der Waals surface area contributed by atoms with Crippen molar-refractivity contribution in [1.29, 1.82) is 0 Å². The molecule has 0 saturated carbocycles. The minimum Gasteiger partial charge on any atom is -0.506 e. The van der Waals surface area contributed by atoms with Crippen LogP contribution in [0.1, 0.15) is 11.3 Å². The third-order valence-corrected chi connectivity index (χ3v) is 6.52. The van der Waals surface area contributed by atoms with Gasteiger partial charge in [0.15, 0.2) is 5.65 Å². The fourth-order valence-corrected chi connectivity index (χ4v) is 4.76. The molecule has 5 N–H and O–H groups in total. The van der Waals surface area contributed by atoms with Gasteiger partial charge in [-0.3, -0.25) is 9.36 Å². The van der Waals surface area contributed by atoms with E-state index in [1.165, 1.54) is 12.4 Å². The van der Waals surface area contributed by atoms with Crippen LogP contribution in [0, 0.1) is 6.92 Å². The zero-order valence-electron chi connectivity index (χ0n) is 20.0. The zero-order chi connectivity index (χ0) is 25.7. The summed E-state index contributed by atoms with van der Waals surface area (Å²) >= 11 is 0. The molecule has 0 atom stereocenters. The molecule has 6 rings (SSSR count). The number of anilines is 2. The molecular formula is C28H23N7O2. The Bertz CT molecular complexity index is 1870. The van der Waals surface area contributed by atoms with Gasteiger partial charge in [-0.05, 0) is 54.3 Å². The number of aromatic nitrogens is 5. The Morgan fingerprint density at radius 2 is 1.73 bits per heavy atom. The van der Waals surface area contributed by atoms with E-state index in [4.69, 9.17) is 16.6 Å². The molecule has 0 spiro atoms. The van der Waals surface area contributed by atoms with Gasteiger partial charge < -0.3 is 16.6 Å². The zero-order valence-corrected chi connectivity index (χ0v) is 20.0. The Morgan fingerprint density at radius 1 is 0.919 bits per heavy atom. The second-order valence-electron chi connectivity index (χ2n) is 8.89. The minimum atomic E-state index is -0.103. The Morgan fingerprint density at radius 3 is 2.51 bits per heavy atom. The number of nitrogens with two attached hydrogens (primary N) is 2. The van der Waals surface area contributed by atoms with Crippen LogP contribution in [0.4, 0.5) is 11.5 Å². The van der Waals surface area contributed by atoms with Gasteiger partial charge in [-0.1, -0.05) is 36.4 Å². The lowest BCUT2D eigenvalue weighted by molar-refractivity contribution is 0.478. The van der Waals surface area contributed by atoms with Gasteiger partial charge in [-0.15, -0.1) is 0 Å². The van der Waals surface area contributed by atoms with Crippen LogP contribution >= 0.6 is 0 Å². The first-order valence-corrected chi connectivity index (χ1v) is 11.7. The summed E-state index contributed by atoms with van der Waals surface area (Å²) in [6, 6.07) is 22.2. The summed E-state index contributed by atoms with van der Waals surface area (Å²) in [5.41, 5.74) is 16.4. The standard InChI is InChI=1S/C28H23N7O2/c1-16-6-5-7-17-12-20(35(28(37)23(16)17)19-8-3-2-4-9-19)14-34-27-24(26(30)31-15-32-27)25(33-34)18-10-11-22(36)21(29)13-18/h2-13,15,36H,14,29H2,1H3,(H2,30,31,32). The van der Waals surface area contributed by atoms with Crippen molar-refractivity contribution in [1.82, 2.24) is 24.3 Å². The summed E-state index contributed by atoms with van der Waals surface area (Å²) in [6.45, 7) is 2.18. The van der Waals surface area contributed by atoms with Crippen molar-refractivity contribution in [3.05, 3.63) is 101 Å². The second-order valence-corrected chi connectivity index (χ2v) is 8.89. The molecule has 0 aliphatic heterocycles. The van der Waals surface area contributed by atoms with Crippen molar-refractivity contribution in [2.75, 3.05) is 11.5 Å². The third-order valence-electron chi connectivity index (χ3n) is 6.52. The quantitative estimate of drug-likeness (QED) is 0.251. The summed E-state index contributed by atoms with van der Waals surface area (Å²) < 4.78 is 3.42. The van der Waals surface area contributed by atoms with Crippen LogP contribution in [-0.4, -0.2) is 29.4 Å². The van der Waals surface area contributed by atoms with Gasteiger partial charge in [-0.25, -0.2) is 14.6 Å². The molecule has 0 bridgehead atoms. The van der Waals surface area contributed by atoms with Crippen molar-refractivity contribution in [3.8, 4) is 22.7 Å². The lowest BCUT2D eigenvalue weighted by Gasteiger charge is -2.16. The van der Waals surface area contributed by atoms with Crippen molar-refractivity contribution >= 4 is 33.3 Å². The molecule has 9 heteroatoms. The number of pyridine rings is 1. The number of aryl methyl sites for hydroxylation is 1. The smallest absolute Gasteiger partial charge is 0.263 e. The summed E-state index contributed by atoms with van der Waals surface area (Å²) in [4.78, 5) is 22.5. The predicted molar refractivity (Wildman–Crippen MR) is 145 cm³/mol. The third kappa shape index (κ3) is 3.64. The number of nitrogens with zero attached hydrogens (tertiary/aromatic N) is 5. The molecule has 0 unspecified atom stereocenters. The highest BCUT2D eigenvalue weighted by atomic mass is 16.3. The number of hydrogen-bond acceptors (Lipinski definition) is 7. The predicted octanol–water partition coefficient (Wildman–Crippen LogP) is 4.02. The molecule has 9 nitrogen and oxygen atoms in total. The molecule has 6 aromatic rings. The van der Waals surface area contributed by atoms with Crippen LogP contribution in [0.5, 0.6) is 5.75 Å². The van der Waals surface area contributed by atoms with E-state index in [9.17, 15) is 9.90 Å². The monoisotopic (exact) mass is 489 g/mol. The lowest BCUT2D eigenvalue weighted by atomic mass is 10.1. The first kappa shape index (κ1) is 22.3. The first-order chi connectivity index (χ1) is 17.9. The van der Waals surface area contributed by atoms with Crippen LogP contribution in [-0.2, 0) is 6.54 Å². The van der Waals surface area contributed by atoms with Crippen LogP contribution in [0.15, 0.2) is 83.9 Å². The SMILES string of the molecule is Cc1cccc2cc(Cn3nc(-c4ccc(O)c(N)c4)c4c(N)ncnc43)n(-c3ccccc3)c(=O)c12. The normalized spacial score (nSPS) is 11.4. The lowest BCUT2D eigenvalue weighted by Crippen LogP contribution is -2.24. The van der Waals surface area contributed by atoms with E-state index in [1.807, 2.05) is 61.5 Å². The van der Waals surface area contributed by atoms with Crippen LogP contribution < -0.4 is 17.0 Å². The van der Waals surface area contributed by atoms with Gasteiger partial charge in [-0.2, -0.15) is 5.10 Å². The van der Waals surface area contributed by atoms with Crippen molar-refractivity contribution in [2.24, 2.45) is 0 Å². The van der Waals surface area contributed by atoms with Gasteiger partial charge in [0.2, 0.25) is 0 Å². The molecule has 3 heterocycles. The van der Waals surface area contributed by atoms with Crippen LogP contribution in [0.3, 0.4) is 0 Å². The van der Waals surface area contributed by atoms with E-state index in [1.54, 1.807) is 21.4 Å². The maximum absolute atomic E-state index is 13.8. The second kappa shape index (κ2) is 8.49. The Labute approximate surface area is 211 Å². The fraction of sp³-hybridized carbons (Fsp3) is 0.0714. The summed E-state index contributed by atoms with van der Waals surface area (Å²) in [5, 5.41) is 16.8. The number of nitrogen functional groups attached to an aromatic ring is 2. The average molecular weight is 490 g/mol. The topological polar surface area (TPSA) is 138 Å².